The van der Waals surface area contributed by atoms with Gasteiger partial charge in [-0.1, -0.05) is 23.4 Å². The van der Waals surface area contributed by atoms with Crippen molar-refractivity contribution >= 4 is 5.69 Å². The summed E-state index contributed by atoms with van der Waals surface area (Å²) < 4.78 is 4.95. The van der Waals surface area contributed by atoms with Crippen molar-refractivity contribution < 1.29 is 9.63 Å². The Kier molecular flexibility index (Phi) is 4.27. The summed E-state index contributed by atoms with van der Waals surface area (Å²) in [5.74, 6) is 0.981. The van der Waals surface area contributed by atoms with Crippen molar-refractivity contribution in [1.82, 2.24) is 10.1 Å². The highest BCUT2D eigenvalue weighted by atomic mass is 16.5. The van der Waals surface area contributed by atoms with E-state index in [4.69, 9.17) is 15.4 Å². The smallest absolute Gasteiger partial charge is 0.240 e. The number of para-hydroxylation sites is 1. The molecule has 0 spiro atoms. The van der Waals surface area contributed by atoms with Gasteiger partial charge in [-0.25, -0.2) is 0 Å². The van der Waals surface area contributed by atoms with E-state index in [1.807, 2.05) is 35.2 Å². The normalized spacial score (nSPS) is 10.6. The van der Waals surface area contributed by atoms with E-state index in [9.17, 15) is 0 Å². The van der Waals surface area contributed by atoms with Crippen molar-refractivity contribution in [3.8, 4) is 0 Å². The minimum atomic E-state index is 0.0660. The van der Waals surface area contributed by atoms with E-state index in [0.29, 0.717) is 24.8 Å². The molecule has 3 N–H and O–H groups in total. The fourth-order valence-electron chi connectivity index (χ4n) is 1.67. The van der Waals surface area contributed by atoms with E-state index >= 15 is 0 Å². The van der Waals surface area contributed by atoms with Gasteiger partial charge in [-0.15, -0.1) is 0 Å². The summed E-state index contributed by atoms with van der Waals surface area (Å²) >= 11 is 0. The highest BCUT2D eigenvalue weighted by Crippen LogP contribution is 2.15. The van der Waals surface area contributed by atoms with Crippen LogP contribution in [0, 0.1) is 0 Å². The fourth-order valence-corrected chi connectivity index (χ4v) is 1.67. The molecule has 96 valence electrons. The van der Waals surface area contributed by atoms with E-state index in [1.54, 1.807) is 0 Å². The largest absolute Gasteiger partial charge is 0.395 e. The van der Waals surface area contributed by atoms with Crippen molar-refractivity contribution in [1.29, 1.82) is 0 Å². The Hall–Kier alpha value is -1.92. The Labute approximate surface area is 105 Å². The van der Waals surface area contributed by atoms with Gasteiger partial charge in [0.05, 0.1) is 19.7 Å². The number of aliphatic hydroxyl groups excluding tert-OH is 1. The molecule has 0 amide bonds. The third-order valence-electron chi connectivity index (χ3n) is 2.51. The maximum absolute atomic E-state index is 9.10. The van der Waals surface area contributed by atoms with Crippen LogP contribution in [0.15, 0.2) is 34.9 Å². The van der Waals surface area contributed by atoms with Gasteiger partial charge in [0.25, 0.3) is 0 Å². The lowest BCUT2D eigenvalue weighted by atomic mass is 10.3. The summed E-state index contributed by atoms with van der Waals surface area (Å²) in [6, 6.07) is 9.78. The maximum Gasteiger partial charge on any atom is 0.240 e. The molecule has 1 aromatic carbocycles. The predicted octanol–water partition coefficient (Wildman–Crippen LogP) is 0.527. The standard InChI is InChI=1S/C12H16N4O2/c13-8-12-14-11(15-18-12)9-16(6-7-17)10-4-2-1-3-5-10/h1-5,17H,6-9,13H2. The van der Waals surface area contributed by atoms with Crippen LogP contribution in [-0.4, -0.2) is 28.4 Å². The Morgan fingerprint density at radius 2 is 2.06 bits per heavy atom. The Balaban J connectivity index is 2.11. The first-order chi connectivity index (χ1) is 8.83. The molecule has 0 aliphatic carbocycles. The molecular weight excluding hydrogens is 232 g/mol. The molecule has 2 aromatic rings. The lowest BCUT2D eigenvalue weighted by Gasteiger charge is -2.21. The molecule has 18 heavy (non-hydrogen) atoms. The molecule has 0 radical (unpaired) electrons. The van der Waals surface area contributed by atoms with Gasteiger partial charge in [-0.2, -0.15) is 4.98 Å². The van der Waals surface area contributed by atoms with Crippen LogP contribution in [0.1, 0.15) is 11.7 Å². The first-order valence-electron chi connectivity index (χ1n) is 5.76. The van der Waals surface area contributed by atoms with Crippen LogP contribution in [-0.2, 0) is 13.1 Å². The van der Waals surface area contributed by atoms with Gasteiger partial charge in [0, 0.05) is 12.2 Å². The van der Waals surface area contributed by atoms with E-state index in [0.717, 1.165) is 5.69 Å². The van der Waals surface area contributed by atoms with Crippen LogP contribution in [0.4, 0.5) is 5.69 Å². The number of nitrogens with two attached hydrogens (primary N) is 1. The minimum absolute atomic E-state index is 0.0660. The van der Waals surface area contributed by atoms with E-state index < -0.39 is 0 Å². The molecular formula is C12H16N4O2. The number of rotatable bonds is 6. The number of benzene rings is 1. The number of aliphatic hydroxyl groups is 1. The molecule has 0 saturated heterocycles. The molecule has 0 unspecified atom stereocenters. The predicted molar refractivity (Wildman–Crippen MR) is 66.8 cm³/mol. The Morgan fingerprint density at radius 3 is 2.67 bits per heavy atom. The number of anilines is 1. The van der Waals surface area contributed by atoms with E-state index in [-0.39, 0.29) is 13.2 Å². The first-order valence-corrected chi connectivity index (χ1v) is 5.76. The molecule has 6 nitrogen and oxygen atoms in total. The van der Waals surface area contributed by atoms with Crippen LogP contribution in [0.3, 0.4) is 0 Å². The van der Waals surface area contributed by atoms with Gasteiger partial charge < -0.3 is 20.3 Å². The molecule has 0 aliphatic heterocycles. The number of nitrogens with zero attached hydrogens (tertiary/aromatic N) is 3. The zero-order valence-corrected chi connectivity index (χ0v) is 9.99. The zero-order valence-electron chi connectivity index (χ0n) is 9.99. The van der Waals surface area contributed by atoms with E-state index in [2.05, 4.69) is 10.1 Å². The van der Waals surface area contributed by atoms with Crippen molar-refractivity contribution in [3.63, 3.8) is 0 Å². The van der Waals surface area contributed by atoms with Crippen molar-refractivity contribution in [2.45, 2.75) is 13.1 Å². The summed E-state index contributed by atoms with van der Waals surface area (Å²) in [4.78, 5) is 6.13. The third-order valence-corrected chi connectivity index (χ3v) is 2.51. The zero-order chi connectivity index (χ0) is 12.8. The second-order valence-corrected chi connectivity index (χ2v) is 3.79. The Morgan fingerprint density at radius 1 is 1.28 bits per heavy atom. The average Bonchev–Trinajstić information content (AvgIpc) is 2.87. The number of hydrogen-bond acceptors (Lipinski definition) is 6. The highest BCUT2D eigenvalue weighted by molar-refractivity contribution is 5.45. The third kappa shape index (κ3) is 3.06. The maximum atomic E-state index is 9.10. The number of aromatic nitrogens is 2. The van der Waals surface area contributed by atoms with Gasteiger partial charge in [-0.05, 0) is 12.1 Å². The van der Waals surface area contributed by atoms with Crippen molar-refractivity contribution in [3.05, 3.63) is 42.0 Å². The van der Waals surface area contributed by atoms with Crippen LogP contribution >= 0.6 is 0 Å². The molecule has 0 saturated carbocycles. The lowest BCUT2D eigenvalue weighted by molar-refractivity contribution is 0.300. The quantitative estimate of drug-likeness (QED) is 0.775. The molecule has 1 heterocycles. The fraction of sp³-hybridized carbons (Fsp3) is 0.333. The van der Waals surface area contributed by atoms with Crippen LogP contribution in [0.5, 0.6) is 0 Å². The summed E-state index contributed by atoms with van der Waals surface area (Å²) in [7, 11) is 0. The van der Waals surface area contributed by atoms with Gasteiger partial charge in [0.15, 0.2) is 5.82 Å². The van der Waals surface area contributed by atoms with Crippen LogP contribution < -0.4 is 10.6 Å². The van der Waals surface area contributed by atoms with Gasteiger partial charge in [0.1, 0.15) is 0 Å². The molecule has 0 bridgehead atoms. The SMILES string of the molecule is NCc1nc(CN(CCO)c2ccccc2)no1. The van der Waals surface area contributed by atoms with Crippen molar-refractivity contribution in [2.75, 3.05) is 18.1 Å². The molecule has 2 rings (SSSR count). The second-order valence-electron chi connectivity index (χ2n) is 3.79. The molecule has 0 fully saturated rings. The van der Waals surface area contributed by atoms with Crippen LogP contribution in [0.25, 0.3) is 0 Å². The average molecular weight is 248 g/mol. The second kappa shape index (κ2) is 6.13. The topological polar surface area (TPSA) is 88.4 Å². The highest BCUT2D eigenvalue weighted by Gasteiger charge is 2.11. The summed E-state index contributed by atoms with van der Waals surface area (Å²) in [6.45, 7) is 1.29. The summed E-state index contributed by atoms with van der Waals surface area (Å²) in [6.07, 6.45) is 0. The first kappa shape index (κ1) is 12.5. The van der Waals surface area contributed by atoms with Gasteiger partial charge in [-0.3, -0.25) is 0 Å². The lowest BCUT2D eigenvalue weighted by Crippen LogP contribution is -2.26. The molecule has 0 atom stereocenters. The monoisotopic (exact) mass is 248 g/mol. The number of hydrogen-bond donors (Lipinski definition) is 2. The summed E-state index contributed by atoms with van der Waals surface area (Å²) in [5, 5.41) is 12.9. The Bertz CT molecular complexity index is 472. The van der Waals surface area contributed by atoms with Gasteiger partial charge in [0.2, 0.25) is 5.89 Å². The molecule has 0 aliphatic rings. The van der Waals surface area contributed by atoms with Crippen molar-refractivity contribution in [2.24, 2.45) is 5.73 Å². The van der Waals surface area contributed by atoms with Crippen LogP contribution in [0.2, 0.25) is 0 Å². The molecule has 1 aromatic heterocycles. The molecule has 6 heteroatoms. The van der Waals surface area contributed by atoms with E-state index in [1.165, 1.54) is 0 Å². The van der Waals surface area contributed by atoms with Gasteiger partial charge >= 0.3 is 0 Å². The minimum Gasteiger partial charge on any atom is -0.395 e. The summed E-state index contributed by atoms with van der Waals surface area (Å²) in [5.41, 5.74) is 6.42.